The minimum atomic E-state index is -2.12. The molecular formula is C23H34N2O5Si. The maximum absolute atomic E-state index is 13.5. The molecule has 0 saturated carbocycles. The first-order valence-corrected chi connectivity index (χ1v) is 14.0. The van der Waals surface area contributed by atoms with Crippen molar-refractivity contribution in [2.45, 2.75) is 69.4 Å². The highest BCUT2D eigenvalue weighted by Gasteiger charge is 2.74. The Balaban J connectivity index is 2.03. The molecule has 1 N–H and O–H groups in total. The molecule has 1 aromatic rings. The zero-order valence-corrected chi connectivity index (χ0v) is 20.2. The Labute approximate surface area is 185 Å². The molecule has 3 aliphatic rings. The van der Waals surface area contributed by atoms with Gasteiger partial charge in [0.1, 0.15) is 17.0 Å². The van der Waals surface area contributed by atoms with Gasteiger partial charge in [0.05, 0.1) is 25.8 Å². The molecule has 2 fully saturated rings. The minimum Gasteiger partial charge on any atom is -0.495 e. The second kappa shape index (κ2) is 7.90. The van der Waals surface area contributed by atoms with E-state index in [0.717, 1.165) is 29.4 Å². The summed E-state index contributed by atoms with van der Waals surface area (Å²) in [6.07, 6.45) is 1.42. The van der Waals surface area contributed by atoms with Crippen molar-refractivity contribution < 1.29 is 23.5 Å². The molecule has 1 spiro atoms. The van der Waals surface area contributed by atoms with Crippen LogP contribution in [0.4, 0.5) is 5.69 Å². The van der Waals surface area contributed by atoms with Crippen LogP contribution in [0.25, 0.3) is 0 Å². The summed E-state index contributed by atoms with van der Waals surface area (Å²) in [5, 5.41) is 3.61. The Morgan fingerprint density at radius 1 is 1.23 bits per heavy atom. The first-order chi connectivity index (χ1) is 14.9. The normalized spacial score (nSPS) is 29.4. The number of methoxy groups -OCH3 is 2. The van der Waals surface area contributed by atoms with Crippen LogP contribution in [-0.4, -0.2) is 46.6 Å². The molecule has 0 unspecified atom stereocenters. The minimum absolute atomic E-state index is 0.0115. The van der Waals surface area contributed by atoms with Gasteiger partial charge in [0.25, 0.3) is 0 Å². The van der Waals surface area contributed by atoms with Gasteiger partial charge in [-0.15, -0.1) is 0 Å². The Kier molecular flexibility index (Phi) is 5.68. The van der Waals surface area contributed by atoms with Crippen LogP contribution in [0.2, 0.25) is 18.1 Å². The van der Waals surface area contributed by atoms with Crippen LogP contribution < -0.4 is 15.0 Å². The molecule has 3 atom stereocenters. The van der Waals surface area contributed by atoms with E-state index in [9.17, 15) is 9.59 Å². The molecule has 4 rings (SSSR count). The average molecular weight is 447 g/mol. The van der Waals surface area contributed by atoms with Crippen molar-refractivity contribution in [1.82, 2.24) is 5.32 Å². The molecule has 0 aromatic heterocycles. The Hall–Kier alpha value is -1.90. The number of carbonyl (C=O) groups is 2. The van der Waals surface area contributed by atoms with Crippen molar-refractivity contribution in [3.63, 3.8) is 0 Å². The smallest absolute Gasteiger partial charge is 0.312 e. The second-order valence-electron chi connectivity index (χ2n) is 8.82. The number of nitrogens with zero attached hydrogens (tertiary/aromatic N) is 1. The standard InChI is InChI=1S/C23H34N2O5Si/c1-6-31(7-2,8-3)30-22-14-15-24-23(22)17(21(27)29-5)12-13-19(26)25(23)20-16(22)10-9-11-18(20)28-4/h9-11,17,24H,6-8,12-15H2,1-5H3/t17-,22+,23+/m1/s1. The van der Waals surface area contributed by atoms with Crippen LogP contribution in [-0.2, 0) is 24.4 Å². The zero-order valence-electron chi connectivity index (χ0n) is 19.2. The molecule has 170 valence electrons. The van der Waals surface area contributed by atoms with Gasteiger partial charge < -0.3 is 13.9 Å². The Morgan fingerprint density at radius 2 is 1.94 bits per heavy atom. The lowest BCUT2D eigenvalue weighted by Gasteiger charge is -2.53. The molecule has 0 radical (unpaired) electrons. The molecule has 3 aliphatic heterocycles. The number of rotatable bonds is 7. The summed E-state index contributed by atoms with van der Waals surface area (Å²) in [6.45, 7) is 7.27. The summed E-state index contributed by atoms with van der Waals surface area (Å²) < 4.78 is 18.3. The molecule has 31 heavy (non-hydrogen) atoms. The lowest BCUT2D eigenvalue weighted by molar-refractivity contribution is -0.157. The van der Waals surface area contributed by atoms with Gasteiger partial charge in [-0.05, 0) is 37.0 Å². The summed E-state index contributed by atoms with van der Waals surface area (Å²) in [5.41, 5.74) is -0.111. The largest absolute Gasteiger partial charge is 0.495 e. The van der Waals surface area contributed by atoms with Crippen LogP contribution in [0.5, 0.6) is 5.75 Å². The van der Waals surface area contributed by atoms with Gasteiger partial charge in [0.2, 0.25) is 5.91 Å². The highest BCUT2D eigenvalue weighted by Crippen LogP contribution is 2.64. The molecule has 1 aromatic carbocycles. The van der Waals surface area contributed by atoms with Gasteiger partial charge in [-0.25, -0.2) is 0 Å². The molecular weight excluding hydrogens is 412 g/mol. The predicted molar refractivity (Wildman–Crippen MR) is 121 cm³/mol. The van der Waals surface area contributed by atoms with E-state index in [1.807, 2.05) is 18.2 Å². The van der Waals surface area contributed by atoms with E-state index in [-0.39, 0.29) is 18.3 Å². The first-order valence-electron chi connectivity index (χ1n) is 11.4. The summed E-state index contributed by atoms with van der Waals surface area (Å²) >= 11 is 0. The number of esters is 1. The third-order valence-corrected chi connectivity index (χ3v) is 12.6. The number of hydrogen-bond donors (Lipinski definition) is 1. The summed E-state index contributed by atoms with van der Waals surface area (Å²) in [4.78, 5) is 28.3. The van der Waals surface area contributed by atoms with Crippen molar-refractivity contribution in [3.05, 3.63) is 23.8 Å². The highest BCUT2D eigenvalue weighted by molar-refractivity contribution is 6.73. The third kappa shape index (κ3) is 2.77. The maximum atomic E-state index is 13.5. The van der Waals surface area contributed by atoms with E-state index in [1.165, 1.54) is 7.11 Å². The average Bonchev–Trinajstić information content (AvgIpc) is 3.27. The fourth-order valence-corrected chi connectivity index (χ4v) is 9.24. The van der Waals surface area contributed by atoms with Crippen molar-refractivity contribution >= 4 is 25.9 Å². The van der Waals surface area contributed by atoms with Gasteiger partial charge in [-0.2, -0.15) is 0 Å². The number of ether oxygens (including phenoxy) is 2. The summed E-state index contributed by atoms with van der Waals surface area (Å²) in [5.74, 6) is -0.204. The van der Waals surface area contributed by atoms with Gasteiger partial charge in [-0.3, -0.25) is 19.8 Å². The van der Waals surface area contributed by atoms with E-state index < -0.39 is 25.5 Å². The highest BCUT2D eigenvalue weighted by atomic mass is 28.4. The number of benzene rings is 1. The third-order valence-electron chi connectivity index (χ3n) is 7.93. The van der Waals surface area contributed by atoms with Gasteiger partial charge in [0.15, 0.2) is 8.32 Å². The number of piperidine rings is 1. The van der Waals surface area contributed by atoms with Crippen molar-refractivity contribution in [2.24, 2.45) is 5.92 Å². The Morgan fingerprint density at radius 3 is 2.55 bits per heavy atom. The Bertz CT molecular complexity index is 880. The predicted octanol–water partition coefficient (Wildman–Crippen LogP) is 3.53. The fourth-order valence-electron chi connectivity index (χ4n) is 6.20. The van der Waals surface area contributed by atoms with E-state index in [4.69, 9.17) is 13.9 Å². The number of para-hydroxylation sites is 1. The van der Waals surface area contributed by atoms with E-state index >= 15 is 0 Å². The number of anilines is 1. The summed E-state index contributed by atoms with van der Waals surface area (Å²) in [7, 11) is 0.915. The number of nitrogens with one attached hydrogen (secondary N) is 1. The van der Waals surface area contributed by atoms with Crippen LogP contribution >= 0.6 is 0 Å². The number of carbonyl (C=O) groups excluding carboxylic acids is 2. The van der Waals surface area contributed by atoms with E-state index in [1.54, 1.807) is 12.0 Å². The van der Waals surface area contributed by atoms with Crippen molar-refractivity contribution in [2.75, 3.05) is 25.7 Å². The molecule has 7 nitrogen and oxygen atoms in total. The van der Waals surface area contributed by atoms with Crippen molar-refractivity contribution in [1.29, 1.82) is 0 Å². The summed E-state index contributed by atoms with van der Waals surface area (Å²) in [6, 6.07) is 8.82. The van der Waals surface area contributed by atoms with Gasteiger partial charge >= 0.3 is 5.97 Å². The number of fused-ring (bicyclic) bond motifs is 3. The molecule has 1 amide bonds. The molecule has 2 saturated heterocycles. The lowest BCUT2D eigenvalue weighted by Crippen LogP contribution is -2.73. The SMILES string of the molecule is CC[Si](CC)(CC)O[C@]12CCN[C@]13[C@@H](C(=O)OC)CCC(=O)N3c1c(OC)cccc12. The van der Waals surface area contributed by atoms with Crippen LogP contribution in [0.1, 0.15) is 45.6 Å². The quantitative estimate of drug-likeness (QED) is 0.510. The molecule has 0 aliphatic carbocycles. The van der Waals surface area contributed by atoms with Gasteiger partial charge in [-0.1, -0.05) is 32.9 Å². The maximum Gasteiger partial charge on any atom is 0.312 e. The molecule has 8 heteroatoms. The fraction of sp³-hybridized carbons (Fsp3) is 0.652. The van der Waals surface area contributed by atoms with Crippen LogP contribution in [0.3, 0.4) is 0 Å². The van der Waals surface area contributed by atoms with Crippen LogP contribution in [0.15, 0.2) is 18.2 Å². The lowest BCUT2D eigenvalue weighted by atomic mass is 9.73. The second-order valence-corrected chi connectivity index (χ2v) is 13.5. The van der Waals surface area contributed by atoms with Crippen LogP contribution in [0, 0.1) is 5.92 Å². The molecule has 0 bridgehead atoms. The monoisotopic (exact) mass is 446 g/mol. The number of amides is 1. The topological polar surface area (TPSA) is 77.1 Å². The van der Waals surface area contributed by atoms with Crippen molar-refractivity contribution in [3.8, 4) is 5.75 Å². The molecule has 3 heterocycles. The zero-order chi connectivity index (χ0) is 22.4. The first kappa shape index (κ1) is 22.3. The number of hydrogen-bond acceptors (Lipinski definition) is 6. The van der Waals surface area contributed by atoms with E-state index in [0.29, 0.717) is 25.1 Å². The van der Waals surface area contributed by atoms with E-state index in [2.05, 4.69) is 26.1 Å². The van der Waals surface area contributed by atoms with Gasteiger partial charge in [0, 0.05) is 18.5 Å².